The second-order valence-corrected chi connectivity index (χ2v) is 1.71. The van der Waals surface area contributed by atoms with Crippen molar-refractivity contribution < 1.29 is 4.74 Å². The smallest absolute Gasteiger partial charge is 0.0522 e. The molecule has 58 valence electrons. The lowest BCUT2D eigenvalue weighted by Crippen LogP contribution is -2.05. The van der Waals surface area contributed by atoms with Gasteiger partial charge in [0.1, 0.15) is 0 Å². The van der Waals surface area contributed by atoms with E-state index in [1.165, 1.54) is 0 Å². The molecule has 5 heteroatoms. The molecule has 5 nitrogen and oxygen atoms in total. The fourth-order valence-electron chi connectivity index (χ4n) is 0.438. The van der Waals surface area contributed by atoms with E-state index in [0.29, 0.717) is 26.3 Å². The maximum atomic E-state index is 7.85. The van der Waals surface area contributed by atoms with Crippen molar-refractivity contribution in [3.8, 4) is 0 Å². The highest BCUT2D eigenvalue weighted by Crippen LogP contribution is 1.80. The molecule has 10 heavy (non-hydrogen) atoms. The number of nitrogens with zero attached hydrogens (tertiary/aromatic N) is 3. The van der Waals surface area contributed by atoms with Crippen molar-refractivity contribution in [1.82, 2.24) is 0 Å². The van der Waals surface area contributed by atoms with Crippen molar-refractivity contribution in [1.29, 1.82) is 0 Å². The van der Waals surface area contributed by atoms with Gasteiger partial charge in [-0.25, -0.2) is 0 Å². The van der Waals surface area contributed by atoms with Crippen molar-refractivity contribution >= 4 is 0 Å². The van der Waals surface area contributed by atoms with Crippen LogP contribution < -0.4 is 5.73 Å². The Hall–Kier alpha value is -0.770. The van der Waals surface area contributed by atoms with E-state index in [2.05, 4.69) is 10.0 Å². The molecule has 2 N–H and O–H groups in total. The van der Waals surface area contributed by atoms with Crippen LogP contribution in [0.5, 0.6) is 0 Å². The molecular formula is C5H12N4O. The quantitative estimate of drug-likeness (QED) is 0.257. The molecule has 0 amide bonds. The fraction of sp³-hybridized carbons (Fsp3) is 1.00. The molecule has 0 rings (SSSR count). The Morgan fingerprint density at radius 1 is 1.50 bits per heavy atom. The molecule has 0 aliphatic heterocycles. The average molecular weight is 144 g/mol. The van der Waals surface area contributed by atoms with Gasteiger partial charge in [0.25, 0.3) is 0 Å². The van der Waals surface area contributed by atoms with Gasteiger partial charge in [-0.05, 0) is 18.5 Å². The average Bonchev–Trinajstić information content (AvgIpc) is 1.97. The number of azide groups is 1. The monoisotopic (exact) mass is 144 g/mol. The van der Waals surface area contributed by atoms with E-state index in [9.17, 15) is 0 Å². The van der Waals surface area contributed by atoms with E-state index in [-0.39, 0.29) is 0 Å². The Balaban J connectivity index is 2.83. The maximum Gasteiger partial charge on any atom is 0.0522 e. The molecule has 0 aromatic carbocycles. The lowest BCUT2D eigenvalue weighted by molar-refractivity contribution is 0.140. The summed E-state index contributed by atoms with van der Waals surface area (Å²) in [6.07, 6.45) is 0.857. The Morgan fingerprint density at radius 2 is 2.30 bits per heavy atom. The predicted molar refractivity (Wildman–Crippen MR) is 38.5 cm³/mol. The maximum absolute atomic E-state index is 7.85. The first-order valence-corrected chi connectivity index (χ1v) is 3.20. The molecule has 0 saturated heterocycles. The largest absolute Gasteiger partial charge is 0.381 e. The molecule has 0 saturated carbocycles. The summed E-state index contributed by atoms with van der Waals surface area (Å²) in [5.41, 5.74) is 13.1. The summed E-state index contributed by atoms with van der Waals surface area (Å²) in [7, 11) is 0. The third-order valence-electron chi connectivity index (χ3n) is 0.892. The summed E-state index contributed by atoms with van der Waals surface area (Å²) in [5, 5.41) is 3.29. The minimum Gasteiger partial charge on any atom is -0.381 e. The molecule has 0 aliphatic carbocycles. The van der Waals surface area contributed by atoms with E-state index in [0.717, 1.165) is 6.42 Å². The van der Waals surface area contributed by atoms with Crippen LogP contribution in [0.1, 0.15) is 6.42 Å². The van der Waals surface area contributed by atoms with Gasteiger partial charge in [0.05, 0.1) is 6.61 Å². The van der Waals surface area contributed by atoms with E-state index in [1.807, 2.05) is 0 Å². The highest BCUT2D eigenvalue weighted by molar-refractivity contribution is 4.44. The summed E-state index contributed by atoms with van der Waals surface area (Å²) in [4.78, 5) is 2.57. The Bertz CT molecular complexity index is 110. The summed E-state index contributed by atoms with van der Waals surface area (Å²) in [6.45, 7) is 2.18. The minimum absolute atomic E-state index is 0.404. The van der Waals surface area contributed by atoms with Gasteiger partial charge in [-0.3, -0.25) is 0 Å². The van der Waals surface area contributed by atoms with Crippen LogP contribution in [-0.4, -0.2) is 26.3 Å². The molecule has 0 radical (unpaired) electrons. The first-order valence-electron chi connectivity index (χ1n) is 3.20. The van der Waals surface area contributed by atoms with Gasteiger partial charge >= 0.3 is 0 Å². The van der Waals surface area contributed by atoms with Crippen molar-refractivity contribution in [2.75, 3.05) is 26.3 Å². The Kier molecular flexibility index (Phi) is 7.60. The summed E-state index contributed by atoms with van der Waals surface area (Å²) < 4.78 is 5.03. The zero-order valence-electron chi connectivity index (χ0n) is 5.86. The van der Waals surface area contributed by atoms with Crippen LogP contribution >= 0.6 is 0 Å². The van der Waals surface area contributed by atoms with E-state index in [1.54, 1.807) is 0 Å². The summed E-state index contributed by atoms with van der Waals surface area (Å²) in [6, 6.07) is 0. The molecular weight excluding hydrogens is 132 g/mol. The molecule has 0 aliphatic rings. The SMILES string of the molecule is [N-]=[N+]=NCCOCCCN. The zero-order valence-corrected chi connectivity index (χ0v) is 5.86. The highest BCUT2D eigenvalue weighted by atomic mass is 16.5. The van der Waals surface area contributed by atoms with Crippen LogP contribution in [0.25, 0.3) is 10.4 Å². The molecule has 0 aromatic rings. The first-order chi connectivity index (χ1) is 4.91. The van der Waals surface area contributed by atoms with E-state index in [4.69, 9.17) is 16.0 Å². The number of rotatable bonds is 6. The van der Waals surface area contributed by atoms with E-state index < -0.39 is 0 Å². The molecule has 0 fully saturated rings. The van der Waals surface area contributed by atoms with Gasteiger partial charge in [0.15, 0.2) is 0 Å². The predicted octanol–water partition coefficient (Wildman–Crippen LogP) is 0.662. The second kappa shape index (κ2) is 8.23. The lowest BCUT2D eigenvalue weighted by Gasteiger charge is -1.97. The Morgan fingerprint density at radius 3 is 2.90 bits per heavy atom. The van der Waals surface area contributed by atoms with Gasteiger partial charge in [-0.1, -0.05) is 5.11 Å². The zero-order chi connectivity index (χ0) is 7.66. The number of hydrogen-bond donors (Lipinski definition) is 1. The molecule has 0 bridgehead atoms. The fourth-order valence-corrected chi connectivity index (χ4v) is 0.438. The number of hydrogen-bond acceptors (Lipinski definition) is 3. The Labute approximate surface area is 59.8 Å². The van der Waals surface area contributed by atoms with Crippen molar-refractivity contribution in [3.05, 3.63) is 10.4 Å². The van der Waals surface area contributed by atoms with Gasteiger partial charge in [-0.2, -0.15) is 0 Å². The van der Waals surface area contributed by atoms with Gasteiger partial charge in [-0.15, -0.1) is 0 Å². The molecule has 0 spiro atoms. The van der Waals surface area contributed by atoms with Crippen molar-refractivity contribution in [2.45, 2.75) is 6.42 Å². The van der Waals surface area contributed by atoms with Crippen LogP contribution in [0.2, 0.25) is 0 Å². The van der Waals surface area contributed by atoms with Crippen molar-refractivity contribution in [2.24, 2.45) is 10.8 Å². The lowest BCUT2D eigenvalue weighted by atomic mass is 10.5. The number of ether oxygens (including phenoxy) is 1. The van der Waals surface area contributed by atoms with Gasteiger partial charge < -0.3 is 10.5 Å². The minimum atomic E-state index is 0.404. The van der Waals surface area contributed by atoms with Crippen LogP contribution in [0.3, 0.4) is 0 Å². The van der Waals surface area contributed by atoms with Crippen LogP contribution in [-0.2, 0) is 4.74 Å². The molecule has 0 heterocycles. The summed E-state index contributed by atoms with van der Waals surface area (Å²) >= 11 is 0. The molecule has 0 atom stereocenters. The third kappa shape index (κ3) is 7.23. The van der Waals surface area contributed by atoms with Gasteiger partial charge in [0.2, 0.25) is 0 Å². The third-order valence-corrected chi connectivity index (χ3v) is 0.892. The van der Waals surface area contributed by atoms with Crippen LogP contribution in [0, 0.1) is 0 Å². The van der Waals surface area contributed by atoms with Crippen LogP contribution in [0.4, 0.5) is 0 Å². The van der Waals surface area contributed by atoms with E-state index >= 15 is 0 Å². The van der Waals surface area contributed by atoms with Crippen LogP contribution in [0.15, 0.2) is 5.11 Å². The molecule has 0 aromatic heterocycles. The second-order valence-electron chi connectivity index (χ2n) is 1.71. The van der Waals surface area contributed by atoms with Gasteiger partial charge in [0, 0.05) is 18.1 Å². The normalized spacial score (nSPS) is 8.90. The first kappa shape index (κ1) is 9.23. The summed E-state index contributed by atoms with van der Waals surface area (Å²) in [5.74, 6) is 0. The topological polar surface area (TPSA) is 84.0 Å². The number of nitrogens with two attached hydrogens (primary N) is 1. The molecule has 0 unspecified atom stereocenters. The standard InChI is InChI=1S/C5H12N4O/c6-2-1-4-10-5-3-8-9-7/h1-6H2. The van der Waals surface area contributed by atoms with Crippen molar-refractivity contribution in [3.63, 3.8) is 0 Å². The highest BCUT2D eigenvalue weighted by Gasteiger charge is 1.84.